The first-order chi connectivity index (χ1) is 8.06. The van der Waals surface area contributed by atoms with Crippen molar-refractivity contribution in [2.24, 2.45) is 12.8 Å². The molecule has 2 N–H and O–H groups in total. The van der Waals surface area contributed by atoms with Crippen molar-refractivity contribution < 1.29 is 4.74 Å². The Bertz CT molecular complexity index is 569. The van der Waals surface area contributed by atoms with Crippen LogP contribution in [-0.2, 0) is 7.05 Å². The van der Waals surface area contributed by atoms with Crippen LogP contribution < -0.4 is 10.5 Å². The molecule has 0 bridgehead atoms. The molecular formula is C10H9BrN4OS. The maximum absolute atomic E-state index is 5.63. The number of nitrogens with two attached hydrogens (primary N) is 1. The highest BCUT2D eigenvalue weighted by atomic mass is 79.9. The molecule has 0 unspecified atom stereocenters. The molecule has 0 aliphatic rings. The van der Waals surface area contributed by atoms with Crippen LogP contribution in [0.25, 0.3) is 0 Å². The predicted octanol–water partition coefficient (Wildman–Crippen LogP) is 2.00. The number of nitrogens with zero attached hydrogens (tertiary/aromatic N) is 3. The number of thiocarbonyl (C=S) groups is 1. The summed E-state index contributed by atoms with van der Waals surface area (Å²) in [6.07, 6.45) is 1.55. The van der Waals surface area contributed by atoms with Gasteiger partial charge in [0.25, 0.3) is 0 Å². The summed E-state index contributed by atoms with van der Waals surface area (Å²) in [5, 5.41) is 4.02. The topological polar surface area (TPSA) is 66.0 Å². The van der Waals surface area contributed by atoms with Crippen LogP contribution in [0.3, 0.4) is 0 Å². The van der Waals surface area contributed by atoms with Crippen LogP contribution in [0.5, 0.6) is 11.8 Å². The van der Waals surface area contributed by atoms with Crippen molar-refractivity contribution in [3.63, 3.8) is 0 Å². The van der Waals surface area contributed by atoms with Gasteiger partial charge in [0, 0.05) is 11.5 Å². The summed E-state index contributed by atoms with van der Waals surface area (Å²) in [4.78, 5) is 4.23. The van der Waals surface area contributed by atoms with Gasteiger partial charge in [0.05, 0.1) is 5.56 Å². The van der Waals surface area contributed by atoms with Crippen molar-refractivity contribution in [1.29, 1.82) is 0 Å². The summed E-state index contributed by atoms with van der Waals surface area (Å²) in [6.45, 7) is 0. The largest absolute Gasteiger partial charge is 0.422 e. The number of hydrogen-bond donors (Lipinski definition) is 1. The maximum Gasteiger partial charge on any atom is 0.341 e. The molecule has 7 heteroatoms. The Labute approximate surface area is 112 Å². The lowest BCUT2D eigenvalue weighted by atomic mass is 10.2. The quantitative estimate of drug-likeness (QED) is 0.878. The minimum absolute atomic E-state index is 0.257. The molecule has 0 fully saturated rings. The lowest BCUT2D eigenvalue weighted by Crippen LogP contribution is -2.11. The average Bonchev–Trinajstić information content (AvgIpc) is 2.66. The molecule has 0 spiro atoms. The third-order valence-electron chi connectivity index (χ3n) is 1.99. The minimum atomic E-state index is 0.257. The zero-order valence-corrected chi connectivity index (χ0v) is 11.3. The SMILES string of the molecule is Cn1cnc(Oc2ccc(Br)cc2C(N)=S)n1. The highest BCUT2D eigenvalue weighted by Gasteiger charge is 2.10. The zero-order valence-electron chi connectivity index (χ0n) is 8.92. The molecule has 0 aliphatic heterocycles. The number of benzene rings is 1. The summed E-state index contributed by atoms with van der Waals surface area (Å²) in [5.74, 6) is 0.534. The van der Waals surface area contributed by atoms with Gasteiger partial charge in [0.2, 0.25) is 0 Å². The van der Waals surface area contributed by atoms with E-state index in [0.29, 0.717) is 11.3 Å². The third-order valence-corrected chi connectivity index (χ3v) is 2.70. The molecule has 2 rings (SSSR count). The minimum Gasteiger partial charge on any atom is -0.422 e. The molecule has 0 saturated carbocycles. The van der Waals surface area contributed by atoms with Crippen molar-refractivity contribution >= 4 is 33.1 Å². The summed E-state index contributed by atoms with van der Waals surface area (Å²) in [7, 11) is 1.76. The van der Waals surface area contributed by atoms with E-state index < -0.39 is 0 Å². The van der Waals surface area contributed by atoms with Crippen molar-refractivity contribution in [1.82, 2.24) is 14.8 Å². The van der Waals surface area contributed by atoms with Crippen LogP contribution in [0.2, 0.25) is 0 Å². The van der Waals surface area contributed by atoms with E-state index in [4.69, 9.17) is 22.7 Å². The second-order valence-corrected chi connectivity index (χ2v) is 4.66. The van der Waals surface area contributed by atoms with E-state index in [9.17, 15) is 0 Å². The lowest BCUT2D eigenvalue weighted by molar-refractivity contribution is 0.438. The van der Waals surface area contributed by atoms with E-state index in [2.05, 4.69) is 26.0 Å². The Kier molecular flexibility index (Phi) is 3.39. The molecule has 2 aromatic rings. The summed E-state index contributed by atoms with van der Waals surface area (Å²) >= 11 is 8.31. The molecule has 0 radical (unpaired) electrons. The Hall–Kier alpha value is -1.47. The van der Waals surface area contributed by atoms with Crippen molar-refractivity contribution in [2.45, 2.75) is 0 Å². The van der Waals surface area contributed by atoms with Crippen LogP contribution in [0.15, 0.2) is 29.0 Å². The first-order valence-corrected chi connectivity index (χ1v) is 5.89. The number of ether oxygens (including phenoxy) is 1. The fourth-order valence-corrected chi connectivity index (χ4v) is 1.77. The van der Waals surface area contributed by atoms with E-state index in [0.717, 1.165) is 4.47 Å². The highest BCUT2D eigenvalue weighted by Crippen LogP contribution is 2.26. The zero-order chi connectivity index (χ0) is 12.4. The van der Waals surface area contributed by atoms with Crippen molar-refractivity contribution in [3.05, 3.63) is 34.6 Å². The van der Waals surface area contributed by atoms with Gasteiger partial charge in [-0.25, -0.2) is 0 Å². The standard InChI is InChI=1S/C10H9BrN4OS/c1-15-5-13-10(14-15)16-8-3-2-6(11)4-7(8)9(12)17/h2-5H,1H3,(H2,12,17). The molecule has 0 saturated heterocycles. The summed E-state index contributed by atoms with van der Waals surface area (Å²) in [6, 6.07) is 5.64. The average molecular weight is 313 g/mol. The molecule has 17 heavy (non-hydrogen) atoms. The summed E-state index contributed by atoms with van der Waals surface area (Å²) in [5.41, 5.74) is 6.27. The Morgan fingerprint density at radius 3 is 2.88 bits per heavy atom. The molecule has 5 nitrogen and oxygen atoms in total. The second-order valence-electron chi connectivity index (χ2n) is 3.31. The predicted molar refractivity (Wildman–Crippen MR) is 71.1 cm³/mol. The number of rotatable bonds is 3. The smallest absolute Gasteiger partial charge is 0.341 e. The molecule has 0 aliphatic carbocycles. The van der Waals surface area contributed by atoms with Crippen LogP contribution in [0, 0.1) is 0 Å². The number of halogens is 1. The molecule has 0 amide bonds. The summed E-state index contributed by atoms with van der Waals surface area (Å²) < 4.78 is 7.94. The first-order valence-electron chi connectivity index (χ1n) is 4.69. The molecule has 88 valence electrons. The van der Waals surface area contributed by atoms with Crippen molar-refractivity contribution in [2.75, 3.05) is 0 Å². The molecule has 0 atom stereocenters. The second kappa shape index (κ2) is 4.80. The van der Waals surface area contributed by atoms with Crippen LogP contribution >= 0.6 is 28.1 Å². The monoisotopic (exact) mass is 312 g/mol. The number of aryl methyl sites for hydroxylation is 1. The van der Waals surface area contributed by atoms with Gasteiger partial charge in [-0.1, -0.05) is 28.1 Å². The number of aromatic nitrogens is 3. The van der Waals surface area contributed by atoms with E-state index >= 15 is 0 Å². The fraction of sp³-hybridized carbons (Fsp3) is 0.100. The van der Waals surface area contributed by atoms with E-state index in [-0.39, 0.29) is 11.0 Å². The highest BCUT2D eigenvalue weighted by molar-refractivity contribution is 9.10. The van der Waals surface area contributed by atoms with Gasteiger partial charge in [-0.15, -0.1) is 5.10 Å². The first kappa shape index (κ1) is 12.0. The normalized spacial score (nSPS) is 10.2. The van der Waals surface area contributed by atoms with Gasteiger partial charge in [-0.2, -0.15) is 4.98 Å². The van der Waals surface area contributed by atoms with E-state index in [1.807, 2.05) is 6.07 Å². The molecule has 1 aromatic carbocycles. The molecule has 1 heterocycles. The van der Waals surface area contributed by atoms with E-state index in [1.165, 1.54) is 0 Å². The Morgan fingerprint density at radius 2 is 2.29 bits per heavy atom. The van der Waals surface area contributed by atoms with Crippen molar-refractivity contribution in [3.8, 4) is 11.8 Å². The fourth-order valence-electron chi connectivity index (χ4n) is 1.25. The lowest BCUT2D eigenvalue weighted by Gasteiger charge is -2.07. The number of hydrogen-bond acceptors (Lipinski definition) is 4. The third kappa shape index (κ3) is 2.80. The van der Waals surface area contributed by atoms with Gasteiger partial charge in [0.15, 0.2) is 0 Å². The molecular weight excluding hydrogens is 304 g/mol. The van der Waals surface area contributed by atoms with Crippen LogP contribution in [0.4, 0.5) is 0 Å². The van der Waals surface area contributed by atoms with Gasteiger partial charge in [-0.3, -0.25) is 4.68 Å². The Balaban J connectivity index is 2.35. The molecule has 1 aromatic heterocycles. The van der Waals surface area contributed by atoms with Crippen LogP contribution in [-0.4, -0.2) is 19.8 Å². The van der Waals surface area contributed by atoms with Gasteiger partial charge in [-0.05, 0) is 18.2 Å². The van der Waals surface area contributed by atoms with Gasteiger partial charge in [0.1, 0.15) is 17.1 Å². The van der Waals surface area contributed by atoms with Gasteiger partial charge < -0.3 is 10.5 Å². The van der Waals surface area contributed by atoms with Crippen LogP contribution in [0.1, 0.15) is 5.56 Å². The van der Waals surface area contributed by atoms with Gasteiger partial charge >= 0.3 is 6.01 Å². The van der Waals surface area contributed by atoms with E-state index in [1.54, 1.807) is 30.2 Å². The maximum atomic E-state index is 5.63. The Morgan fingerprint density at radius 1 is 1.53 bits per heavy atom.